The van der Waals surface area contributed by atoms with Gasteiger partial charge in [0.15, 0.2) is 0 Å². The van der Waals surface area contributed by atoms with E-state index in [-0.39, 0.29) is 17.7 Å². The molecule has 0 radical (unpaired) electrons. The van der Waals surface area contributed by atoms with Crippen molar-refractivity contribution in [3.63, 3.8) is 0 Å². The summed E-state index contributed by atoms with van der Waals surface area (Å²) in [5, 5.41) is 15.1. The van der Waals surface area contributed by atoms with Gasteiger partial charge in [-0.2, -0.15) is 0 Å². The summed E-state index contributed by atoms with van der Waals surface area (Å²) < 4.78 is 0. The van der Waals surface area contributed by atoms with E-state index in [2.05, 4.69) is 10.5 Å². The Morgan fingerprint density at radius 3 is 2.43 bits per heavy atom. The molecule has 0 spiro atoms. The van der Waals surface area contributed by atoms with Gasteiger partial charge in [0.1, 0.15) is 5.04 Å². The molecule has 0 heterocycles. The molecule has 0 aromatic carbocycles. The zero-order valence-electron chi connectivity index (χ0n) is 9.07. The molecule has 0 aliphatic heterocycles. The van der Waals surface area contributed by atoms with Gasteiger partial charge in [-0.05, 0) is 11.7 Å². The van der Waals surface area contributed by atoms with Gasteiger partial charge in [0.05, 0.1) is 5.92 Å². The molecule has 0 fully saturated rings. The van der Waals surface area contributed by atoms with E-state index in [1.807, 2.05) is 20.8 Å². The van der Waals surface area contributed by atoms with Crippen molar-refractivity contribution in [3.05, 3.63) is 0 Å². The summed E-state index contributed by atoms with van der Waals surface area (Å²) in [5.41, 5.74) is 0. The molecule has 0 saturated carbocycles. The monoisotopic (exact) mass is 218 g/mol. The number of carbonyl (C=O) groups is 1. The Balaban J connectivity index is 4.70. The molecule has 82 valence electrons. The van der Waals surface area contributed by atoms with Gasteiger partial charge in [-0.3, -0.25) is 4.79 Å². The molecule has 5 heteroatoms. The van der Waals surface area contributed by atoms with Gasteiger partial charge in [-0.15, -0.1) is 11.8 Å². The molecule has 0 rings (SSSR count). The fraction of sp³-hybridized carbons (Fsp3) is 0.778. The average Bonchev–Trinajstić information content (AvgIpc) is 2.16. The zero-order chi connectivity index (χ0) is 11.1. The number of hydrogen-bond acceptors (Lipinski definition) is 4. The zero-order valence-corrected chi connectivity index (χ0v) is 9.89. The Bertz CT molecular complexity index is 217. The van der Waals surface area contributed by atoms with Crippen LogP contribution in [-0.2, 0) is 4.79 Å². The van der Waals surface area contributed by atoms with Crippen LogP contribution in [-0.4, -0.2) is 29.0 Å². The molecule has 1 unspecified atom stereocenters. The van der Waals surface area contributed by atoms with Gasteiger partial charge in [0.25, 0.3) is 0 Å². The highest BCUT2D eigenvalue weighted by molar-refractivity contribution is 8.14. The topological polar surface area (TPSA) is 61.7 Å². The highest BCUT2D eigenvalue weighted by atomic mass is 32.2. The third-order valence-electron chi connectivity index (χ3n) is 1.85. The lowest BCUT2D eigenvalue weighted by Gasteiger charge is -2.19. The molecule has 0 aromatic heterocycles. The van der Waals surface area contributed by atoms with Crippen LogP contribution in [0.25, 0.3) is 0 Å². The van der Waals surface area contributed by atoms with Crippen molar-refractivity contribution in [2.24, 2.45) is 17.0 Å². The Morgan fingerprint density at radius 2 is 2.14 bits per heavy atom. The van der Waals surface area contributed by atoms with E-state index in [1.165, 1.54) is 11.8 Å². The maximum Gasteiger partial charge on any atom is 0.229 e. The predicted molar refractivity (Wildman–Crippen MR) is 59.7 cm³/mol. The van der Waals surface area contributed by atoms with E-state index >= 15 is 0 Å². The number of hydrogen-bond donors (Lipinski definition) is 2. The lowest BCUT2D eigenvalue weighted by molar-refractivity contribution is -0.123. The second-order valence-corrected chi connectivity index (χ2v) is 4.49. The fourth-order valence-electron chi connectivity index (χ4n) is 1.18. The molecule has 0 aliphatic carbocycles. The highest BCUT2D eigenvalue weighted by Gasteiger charge is 2.27. The highest BCUT2D eigenvalue weighted by Crippen LogP contribution is 2.20. The minimum absolute atomic E-state index is 0.103. The number of carbonyl (C=O) groups excluding carboxylic acids is 1. The van der Waals surface area contributed by atoms with E-state index < -0.39 is 0 Å². The van der Waals surface area contributed by atoms with Crippen LogP contribution >= 0.6 is 11.8 Å². The van der Waals surface area contributed by atoms with Crippen molar-refractivity contribution in [2.45, 2.75) is 20.8 Å². The summed E-state index contributed by atoms with van der Waals surface area (Å²) in [5.74, 6) is 0.461. The van der Waals surface area contributed by atoms with E-state index in [1.54, 1.807) is 7.05 Å². The quantitative estimate of drug-likeness (QED) is 0.326. The van der Waals surface area contributed by atoms with Crippen LogP contribution in [0.4, 0.5) is 0 Å². The Morgan fingerprint density at radius 1 is 1.57 bits per heavy atom. The standard InChI is InChI=1S/C9H18N2O2S/c1-5-14-9(11-13)7(6(2)3)8(12)10-4/h6-7,13H,5H2,1-4H3,(H,10,12)/b11-9-. The maximum absolute atomic E-state index is 11.5. The molecule has 0 aliphatic rings. The largest absolute Gasteiger partial charge is 0.410 e. The molecule has 14 heavy (non-hydrogen) atoms. The van der Waals surface area contributed by atoms with Crippen molar-refractivity contribution in [3.8, 4) is 0 Å². The van der Waals surface area contributed by atoms with Crippen molar-refractivity contribution < 1.29 is 10.0 Å². The van der Waals surface area contributed by atoms with Crippen LogP contribution in [0.1, 0.15) is 20.8 Å². The summed E-state index contributed by atoms with van der Waals surface area (Å²) in [6, 6.07) is 0. The Kier molecular flexibility index (Phi) is 6.36. The third-order valence-corrected chi connectivity index (χ3v) is 2.77. The van der Waals surface area contributed by atoms with Crippen LogP contribution in [0, 0.1) is 11.8 Å². The fourth-order valence-corrected chi connectivity index (χ4v) is 2.10. The first kappa shape index (κ1) is 13.3. The summed E-state index contributed by atoms with van der Waals surface area (Å²) in [6.07, 6.45) is 0. The maximum atomic E-state index is 11.5. The summed E-state index contributed by atoms with van der Waals surface area (Å²) >= 11 is 1.40. The smallest absolute Gasteiger partial charge is 0.229 e. The van der Waals surface area contributed by atoms with Gasteiger partial charge < -0.3 is 10.5 Å². The third kappa shape index (κ3) is 3.57. The van der Waals surface area contributed by atoms with E-state index in [9.17, 15) is 4.79 Å². The van der Waals surface area contributed by atoms with Crippen LogP contribution in [0.5, 0.6) is 0 Å². The first-order valence-electron chi connectivity index (χ1n) is 4.64. The van der Waals surface area contributed by atoms with Crippen LogP contribution in [0.15, 0.2) is 5.16 Å². The Labute approximate surface area is 89.1 Å². The molecule has 4 nitrogen and oxygen atoms in total. The average molecular weight is 218 g/mol. The minimum Gasteiger partial charge on any atom is -0.410 e. The van der Waals surface area contributed by atoms with E-state index in [0.717, 1.165) is 5.75 Å². The van der Waals surface area contributed by atoms with Crippen molar-refractivity contribution in [2.75, 3.05) is 12.8 Å². The second kappa shape index (κ2) is 6.70. The molecule has 2 N–H and O–H groups in total. The second-order valence-electron chi connectivity index (χ2n) is 3.21. The van der Waals surface area contributed by atoms with Crippen LogP contribution < -0.4 is 5.32 Å². The molecule has 1 amide bonds. The predicted octanol–water partition coefficient (Wildman–Crippen LogP) is 1.55. The normalized spacial score (nSPS) is 14.2. The van der Waals surface area contributed by atoms with Gasteiger partial charge in [-0.25, -0.2) is 0 Å². The van der Waals surface area contributed by atoms with Gasteiger partial charge in [0.2, 0.25) is 5.91 Å². The number of thioether (sulfide) groups is 1. The van der Waals surface area contributed by atoms with Gasteiger partial charge >= 0.3 is 0 Å². The first-order valence-corrected chi connectivity index (χ1v) is 5.63. The lowest BCUT2D eigenvalue weighted by atomic mass is 9.96. The lowest BCUT2D eigenvalue weighted by Crippen LogP contribution is -2.35. The van der Waals surface area contributed by atoms with Crippen LogP contribution in [0.2, 0.25) is 0 Å². The molecular formula is C9H18N2O2S. The number of nitrogens with zero attached hydrogens (tertiary/aromatic N) is 1. The summed E-state index contributed by atoms with van der Waals surface area (Å²) in [4.78, 5) is 11.5. The summed E-state index contributed by atoms with van der Waals surface area (Å²) in [6.45, 7) is 5.82. The molecule has 0 saturated heterocycles. The summed E-state index contributed by atoms with van der Waals surface area (Å²) in [7, 11) is 1.59. The van der Waals surface area contributed by atoms with Gasteiger partial charge in [-0.1, -0.05) is 25.9 Å². The van der Waals surface area contributed by atoms with Crippen molar-refractivity contribution in [1.29, 1.82) is 0 Å². The number of amides is 1. The number of oxime groups is 1. The molecule has 0 aromatic rings. The van der Waals surface area contributed by atoms with Gasteiger partial charge in [0, 0.05) is 7.05 Å². The Hall–Kier alpha value is -0.710. The van der Waals surface area contributed by atoms with E-state index in [0.29, 0.717) is 5.04 Å². The van der Waals surface area contributed by atoms with Crippen molar-refractivity contribution >= 4 is 22.7 Å². The number of nitrogens with one attached hydrogen (secondary N) is 1. The molecular weight excluding hydrogens is 200 g/mol. The minimum atomic E-state index is -0.352. The first-order chi connectivity index (χ1) is 6.58. The van der Waals surface area contributed by atoms with Crippen LogP contribution in [0.3, 0.4) is 0 Å². The van der Waals surface area contributed by atoms with E-state index in [4.69, 9.17) is 5.21 Å². The van der Waals surface area contributed by atoms with Crippen molar-refractivity contribution in [1.82, 2.24) is 5.32 Å². The molecule has 0 bridgehead atoms. The number of rotatable bonds is 4. The molecule has 1 atom stereocenters. The SMILES string of the molecule is CCS/C(=N\O)C(C(=O)NC)C(C)C.